The first-order valence-corrected chi connectivity index (χ1v) is 5.01. The number of aliphatic hydroxyl groups is 2. The molecule has 0 saturated carbocycles. The smallest absolute Gasteiger partial charge is 0.145 e. The molecule has 2 nitrogen and oxygen atoms in total. The van der Waals surface area contributed by atoms with E-state index in [0.29, 0.717) is 6.42 Å². The van der Waals surface area contributed by atoms with E-state index in [1.54, 1.807) is 0 Å². The summed E-state index contributed by atoms with van der Waals surface area (Å²) in [5.41, 5.74) is -0.0353. The summed E-state index contributed by atoms with van der Waals surface area (Å²) >= 11 is 0. The number of hydrogen-bond acceptors (Lipinski definition) is 2. The molecule has 1 rings (SSSR count). The van der Waals surface area contributed by atoms with Crippen molar-refractivity contribution in [2.24, 2.45) is 0 Å². The molecule has 2 heteroatoms. The van der Waals surface area contributed by atoms with Crippen molar-refractivity contribution < 1.29 is 10.2 Å². The third-order valence-corrected chi connectivity index (χ3v) is 2.05. The second kappa shape index (κ2) is 5.55. The van der Waals surface area contributed by atoms with Gasteiger partial charge in [-0.05, 0) is 18.9 Å². The van der Waals surface area contributed by atoms with Crippen LogP contribution in [0, 0.1) is 11.8 Å². The summed E-state index contributed by atoms with van der Waals surface area (Å²) in [6, 6.07) is 10.1. The molecule has 0 fully saturated rings. The molecule has 0 aromatic heterocycles. The van der Waals surface area contributed by atoms with Crippen molar-refractivity contribution >= 4 is 0 Å². The molecule has 0 spiro atoms. The fourth-order valence-corrected chi connectivity index (χ4v) is 1.14. The zero-order valence-corrected chi connectivity index (χ0v) is 8.90. The Morgan fingerprint density at radius 1 is 1.27 bits per heavy atom. The largest absolute Gasteiger partial charge is 0.392 e. The van der Waals surface area contributed by atoms with E-state index in [9.17, 15) is 5.11 Å². The fourth-order valence-electron chi connectivity index (χ4n) is 1.14. The van der Waals surface area contributed by atoms with Crippen molar-refractivity contribution in [2.75, 3.05) is 6.61 Å². The van der Waals surface area contributed by atoms with Crippen LogP contribution in [-0.2, 0) is 6.42 Å². The van der Waals surface area contributed by atoms with Crippen LogP contribution in [0.1, 0.15) is 18.9 Å². The molecule has 1 aromatic rings. The quantitative estimate of drug-likeness (QED) is 0.730. The van der Waals surface area contributed by atoms with Crippen molar-refractivity contribution in [2.45, 2.75) is 25.4 Å². The van der Waals surface area contributed by atoms with Gasteiger partial charge in [-0.15, -0.1) is 0 Å². The molecular formula is C13H16O2. The van der Waals surface area contributed by atoms with Gasteiger partial charge in [0.1, 0.15) is 5.60 Å². The van der Waals surface area contributed by atoms with Gasteiger partial charge >= 0.3 is 0 Å². The predicted molar refractivity (Wildman–Crippen MR) is 60.2 cm³/mol. The molecule has 0 bridgehead atoms. The SMILES string of the molecule is CC(O)(C#CCCc1ccccc1)CO. The molecule has 0 heterocycles. The number of rotatable bonds is 3. The zero-order chi connectivity index (χ0) is 11.1. The molecule has 0 radical (unpaired) electrons. The summed E-state index contributed by atoms with van der Waals surface area (Å²) in [4.78, 5) is 0. The van der Waals surface area contributed by atoms with E-state index in [2.05, 4.69) is 11.8 Å². The highest BCUT2D eigenvalue weighted by atomic mass is 16.3. The van der Waals surface area contributed by atoms with Crippen molar-refractivity contribution in [3.63, 3.8) is 0 Å². The first-order chi connectivity index (χ1) is 7.14. The van der Waals surface area contributed by atoms with Crippen molar-refractivity contribution in [3.8, 4) is 11.8 Å². The summed E-state index contributed by atoms with van der Waals surface area (Å²) in [5, 5.41) is 18.2. The van der Waals surface area contributed by atoms with Crippen molar-refractivity contribution in [1.29, 1.82) is 0 Å². The molecule has 0 aliphatic rings. The lowest BCUT2D eigenvalue weighted by atomic mass is 10.1. The fraction of sp³-hybridized carbons (Fsp3) is 0.385. The maximum atomic E-state index is 9.40. The van der Waals surface area contributed by atoms with Gasteiger partial charge in [0.15, 0.2) is 0 Å². The first-order valence-electron chi connectivity index (χ1n) is 5.01. The average Bonchev–Trinajstić information content (AvgIpc) is 2.26. The second-order valence-electron chi connectivity index (χ2n) is 3.72. The minimum absolute atomic E-state index is 0.328. The lowest BCUT2D eigenvalue weighted by Gasteiger charge is -2.10. The molecule has 1 unspecified atom stereocenters. The van der Waals surface area contributed by atoms with E-state index in [1.165, 1.54) is 12.5 Å². The lowest BCUT2D eigenvalue weighted by Crippen LogP contribution is -2.26. The van der Waals surface area contributed by atoms with Gasteiger partial charge in [-0.1, -0.05) is 42.2 Å². The second-order valence-corrected chi connectivity index (χ2v) is 3.72. The van der Waals surface area contributed by atoms with Gasteiger partial charge in [0.25, 0.3) is 0 Å². The molecule has 1 atom stereocenters. The van der Waals surface area contributed by atoms with E-state index in [4.69, 9.17) is 5.11 Å². The Labute approximate surface area is 90.6 Å². The average molecular weight is 204 g/mol. The van der Waals surface area contributed by atoms with Crippen molar-refractivity contribution in [3.05, 3.63) is 35.9 Å². The van der Waals surface area contributed by atoms with E-state index >= 15 is 0 Å². The molecule has 2 N–H and O–H groups in total. The van der Waals surface area contributed by atoms with E-state index in [0.717, 1.165) is 6.42 Å². The monoisotopic (exact) mass is 204 g/mol. The summed E-state index contributed by atoms with van der Waals surface area (Å²) in [7, 11) is 0. The Hall–Kier alpha value is -1.30. The van der Waals surface area contributed by atoms with Crippen LogP contribution in [0.4, 0.5) is 0 Å². The Kier molecular flexibility index (Phi) is 4.36. The van der Waals surface area contributed by atoms with Crippen LogP contribution in [0.25, 0.3) is 0 Å². The Bertz CT molecular complexity index is 344. The summed E-state index contributed by atoms with van der Waals surface area (Å²) in [6.45, 7) is 1.17. The Balaban J connectivity index is 2.40. The highest BCUT2D eigenvalue weighted by Crippen LogP contribution is 2.02. The van der Waals surface area contributed by atoms with Crippen LogP contribution in [0.5, 0.6) is 0 Å². The highest BCUT2D eigenvalue weighted by Gasteiger charge is 2.13. The maximum Gasteiger partial charge on any atom is 0.145 e. The first kappa shape index (κ1) is 11.8. The molecule has 80 valence electrons. The number of benzene rings is 1. The van der Waals surface area contributed by atoms with E-state index < -0.39 is 5.60 Å². The Morgan fingerprint density at radius 2 is 1.93 bits per heavy atom. The van der Waals surface area contributed by atoms with Gasteiger partial charge in [-0.3, -0.25) is 0 Å². The topological polar surface area (TPSA) is 40.5 Å². The minimum Gasteiger partial charge on any atom is -0.392 e. The Morgan fingerprint density at radius 3 is 2.53 bits per heavy atom. The van der Waals surface area contributed by atoms with Gasteiger partial charge in [-0.25, -0.2) is 0 Å². The predicted octanol–water partition coefficient (Wildman–Crippen LogP) is 1.37. The van der Waals surface area contributed by atoms with Crippen LogP contribution in [-0.4, -0.2) is 22.4 Å². The molecule has 1 aromatic carbocycles. The van der Waals surface area contributed by atoms with Gasteiger partial charge in [0, 0.05) is 6.42 Å². The van der Waals surface area contributed by atoms with Gasteiger partial charge in [-0.2, -0.15) is 0 Å². The third-order valence-electron chi connectivity index (χ3n) is 2.05. The molecule has 0 amide bonds. The molecular weight excluding hydrogens is 188 g/mol. The van der Waals surface area contributed by atoms with E-state index in [1.807, 2.05) is 30.3 Å². The third kappa shape index (κ3) is 4.64. The van der Waals surface area contributed by atoms with Crippen LogP contribution < -0.4 is 0 Å². The lowest BCUT2D eigenvalue weighted by molar-refractivity contribution is 0.0518. The zero-order valence-electron chi connectivity index (χ0n) is 8.90. The minimum atomic E-state index is -1.27. The van der Waals surface area contributed by atoms with Crippen molar-refractivity contribution in [1.82, 2.24) is 0 Å². The van der Waals surface area contributed by atoms with Gasteiger partial charge in [0.2, 0.25) is 0 Å². The molecule has 0 saturated heterocycles. The van der Waals surface area contributed by atoms with Gasteiger partial charge < -0.3 is 10.2 Å². The van der Waals surface area contributed by atoms with Crippen LogP contribution in [0.3, 0.4) is 0 Å². The summed E-state index contributed by atoms with van der Waals surface area (Å²) < 4.78 is 0. The molecule has 0 aliphatic carbocycles. The molecule has 15 heavy (non-hydrogen) atoms. The van der Waals surface area contributed by atoms with Crippen LogP contribution in [0.2, 0.25) is 0 Å². The van der Waals surface area contributed by atoms with Gasteiger partial charge in [0.05, 0.1) is 6.61 Å². The van der Waals surface area contributed by atoms with E-state index in [-0.39, 0.29) is 6.61 Å². The number of hydrogen-bond donors (Lipinski definition) is 2. The standard InChI is InChI=1S/C13H16O2/c1-13(15,11-14)10-6-5-9-12-7-3-2-4-8-12/h2-4,7-8,14-15H,5,9,11H2,1H3. The normalized spacial score (nSPS) is 13.8. The summed E-state index contributed by atoms with van der Waals surface area (Å²) in [6.07, 6.45) is 1.56. The van der Waals surface area contributed by atoms with Crippen LogP contribution >= 0.6 is 0 Å². The summed E-state index contributed by atoms with van der Waals surface area (Å²) in [5.74, 6) is 5.50. The number of aliphatic hydroxyl groups excluding tert-OH is 1. The molecule has 0 aliphatic heterocycles. The number of aryl methyl sites for hydroxylation is 1. The highest BCUT2D eigenvalue weighted by molar-refractivity contribution is 5.18. The maximum absolute atomic E-state index is 9.40. The van der Waals surface area contributed by atoms with Crippen LogP contribution in [0.15, 0.2) is 30.3 Å².